The number of hydrogen-bond acceptors (Lipinski definition) is 5. The summed E-state index contributed by atoms with van der Waals surface area (Å²) in [6, 6.07) is 15.3. The zero-order valence-electron chi connectivity index (χ0n) is 21.0. The highest BCUT2D eigenvalue weighted by molar-refractivity contribution is 8.03. The van der Waals surface area contributed by atoms with E-state index >= 15 is 0 Å². The number of carbonyl (C=O) groups is 2. The van der Waals surface area contributed by atoms with Crippen molar-refractivity contribution >= 4 is 42.7 Å². The molecule has 2 aromatic carbocycles. The average molecular weight is 481 g/mol. The van der Waals surface area contributed by atoms with Crippen molar-refractivity contribution in [3.05, 3.63) is 70.1 Å². The Bertz CT molecular complexity index is 1020. The van der Waals surface area contributed by atoms with Crippen molar-refractivity contribution < 1.29 is 19.6 Å². The van der Waals surface area contributed by atoms with Gasteiger partial charge in [0.15, 0.2) is 0 Å². The standard InChI is InChI=1S/C27H36BNO4S/c1-7-20-11-13-21(14-12-20)15-24(34-6)25(31)29(19-30)18-26(2,3)17-27(4,5)22-9-8-10-23(16-22)28(32)33/h8-16,19,32-33H,7,17-18H2,1-6H3/b24-15-. The summed E-state index contributed by atoms with van der Waals surface area (Å²) in [6.07, 6.45) is 5.91. The SMILES string of the molecule is CCc1ccc(/C=C(\SC)C(=O)N(C=O)CC(C)(C)CC(C)(C)c2cccc(B(O)O)c2)cc1. The third kappa shape index (κ3) is 7.59. The molecule has 0 radical (unpaired) electrons. The molecule has 0 aliphatic carbocycles. The van der Waals surface area contributed by atoms with Crippen LogP contribution < -0.4 is 5.46 Å². The highest BCUT2D eigenvalue weighted by Gasteiger charge is 2.34. The van der Waals surface area contributed by atoms with Crippen LogP contribution in [0.4, 0.5) is 0 Å². The van der Waals surface area contributed by atoms with Crippen molar-refractivity contribution in [2.75, 3.05) is 12.8 Å². The van der Waals surface area contributed by atoms with Crippen molar-refractivity contribution in [1.82, 2.24) is 4.90 Å². The first-order valence-electron chi connectivity index (χ1n) is 11.5. The summed E-state index contributed by atoms with van der Waals surface area (Å²) in [5.74, 6) is -0.307. The second kappa shape index (κ2) is 11.9. The quantitative estimate of drug-likeness (QED) is 0.288. The summed E-state index contributed by atoms with van der Waals surface area (Å²) in [4.78, 5) is 26.9. The zero-order chi connectivity index (χ0) is 25.5. The Morgan fingerprint density at radius 1 is 1.09 bits per heavy atom. The van der Waals surface area contributed by atoms with Gasteiger partial charge in [-0.3, -0.25) is 14.5 Å². The number of thioether (sulfide) groups is 1. The lowest BCUT2D eigenvalue weighted by Crippen LogP contribution is -2.41. The highest BCUT2D eigenvalue weighted by atomic mass is 32.2. The minimum Gasteiger partial charge on any atom is -0.423 e. The lowest BCUT2D eigenvalue weighted by Gasteiger charge is -2.37. The van der Waals surface area contributed by atoms with Crippen LogP contribution in [0.3, 0.4) is 0 Å². The minimum absolute atomic E-state index is 0.272. The monoisotopic (exact) mass is 481 g/mol. The van der Waals surface area contributed by atoms with Crippen molar-refractivity contribution in [3.63, 3.8) is 0 Å². The molecular formula is C27H36BNO4S. The van der Waals surface area contributed by atoms with Crippen LogP contribution in [0.5, 0.6) is 0 Å². The molecule has 0 saturated heterocycles. The number of carbonyl (C=O) groups excluding carboxylic acids is 2. The van der Waals surface area contributed by atoms with Crippen LogP contribution in [0.2, 0.25) is 0 Å². The van der Waals surface area contributed by atoms with E-state index in [0.29, 0.717) is 23.2 Å². The highest BCUT2D eigenvalue weighted by Crippen LogP contribution is 2.37. The Balaban J connectivity index is 2.20. The summed E-state index contributed by atoms with van der Waals surface area (Å²) >= 11 is 1.33. The minimum atomic E-state index is -1.53. The lowest BCUT2D eigenvalue weighted by molar-refractivity contribution is -0.136. The van der Waals surface area contributed by atoms with Crippen LogP contribution in [0.25, 0.3) is 6.08 Å². The average Bonchev–Trinajstić information content (AvgIpc) is 2.80. The number of imide groups is 1. The van der Waals surface area contributed by atoms with E-state index in [1.54, 1.807) is 12.1 Å². The molecule has 0 bridgehead atoms. The van der Waals surface area contributed by atoms with Crippen LogP contribution in [0.1, 0.15) is 57.7 Å². The molecule has 5 nitrogen and oxygen atoms in total. The van der Waals surface area contributed by atoms with Gasteiger partial charge in [0.05, 0.1) is 4.91 Å². The molecule has 0 atom stereocenters. The first-order chi connectivity index (χ1) is 15.9. The van der Waals surface area contributed by atoms with E-state index in [2.05, 4.69) is 20.8 Å². The molecule has 2 N–H and O–H groups in total. The van der Waals surface area contributed by atoms with Crippen molar-refractivity contribution in [2.24, 2.45) is 5.41 Å². The molecule has 2 rings (SSSR count). The molecule has 2 amide bonds. The van der Waals surface area contributed by atoms with Gasteiger partial charge in [0.25, 0.3) is 5.91 Å². The Morgan fingerprint density at radius 2 is 1.74 bits per heavy atom. The molecule has 2 aromatic rings. The largest absolute Gasteiger partial charge is 0.488 e. The van der Waals surface area contributed by atoms with Gasteiger partial charge in [-0.05, 0) is 58.2 Å². The van der Waals surface area contributed by atoms with Gasteiger partial charge in [-0.25, -0.2) is 0 Å². The molecule has 0 unspecified atom stereocenters. The number of benzene rings is 2. The molecule has 0 saturated carbocycles. The lowest BCUT2D eigenvalue weighted by atomic mass is 9.69. The van der Waals surface area contributed by atoms with E-state index < -0.39 is 7.12 Å². The predicted molar refractivity (Wildman–Crippen MR) is 143 cm³/mol. The number of rotatable bonds is 11. The Labute approximate surface area is 208 Å². The molecule has 0 spiro atoms. The molecule has 0 aliphatic heterocycles. The van der Waals surface area contributed by atoms with Gasteiger partial charge < -0.3 is 10.0 Å². The van der Waals surface area contributed by atoms with E-state index in [-0.39, 0.29) is 23.3 Å². The van der Waals surface area contributed by atoms with Gasteiger partial charge >= 0.3 is 7.12 Å². The summed E-state index contributed by atoms with van der Waals surface area (Å²) in [7, 11) is -1.53. The summed E-state index contributed by atoms with van der Waals surface area (Å²) in [6.45, 7) is 10.6. The van der Waals surface area contributed by atoms with Gasteiger partial charge in [-0.2, -0.15) is 0 Å². The summed E-state index contributed by atoms with van der Waals surface area (Å²) in [5.41, 5.74) is 2.87. The summed E-state index contributed by atoms with van der Waals surface area (Å²) in [5, 5.41) is 19.1. The van der Waals surface area contributed by atoms with Gasteiger partial charge in [0.2, 0.25) is 6.41 Å². The van der Waals surface area contributed by atoms with Crippen LogP contribution in [0, 0.1) is 5.41 Å². The fraction of sp³-hybridized carbons (Fsp3) is 0.407. The normalized spacial score (nSPS) is 12.4. The van der Waals surface area contributed by atoms with E-state index in [1.165, 1.54) is 22.2 Å². The third-order valence-electron chi connectivity index (χ3n) is 5.99. The Hall–Kier alpha value is -2.35. The maximum absolute atomic E-state index is 13.2. The molecule has 0 fully saturated rings. The van der Waals surface area contributed by atoms with Gasteiger partial charge in [0.1, 0.15) is 0 Å². The Morgan fingerprint density at radius 3 is 2.26 bits per heavy atom. The number of nitrogens with zero attached hydrogens (tertiary/aromatic N) is 1. The second-order valence-electron chi connectivity index (χ2n) is 10.1. The predicted octanol–water partition coefficient (Wildman–Crippen LogP) is 4.01. The second-order valence-corrected chi connectivity index (χ2v) is 10.9. The van der Waals surface area contributed by atoms with Crippen molar-refractivity contribution in [1.29, 1.82) is 0 Å². The van der Waals surface area contributed by atoms with E-state index in [9.17, 15) is 19.6 Å². The molecular weight excluding hydrogens is 445 g/mol. The Kier molecular flexibility index (Phi) is 9.74. The van der Waals surface area contributed by atoms with Crippen LogP contribution in [0.15, 0.2) is 53.4 Å². The van der Waals surface area contributed by atoms with Gasteiger partial charge in [-0.15, -0.1) is 11.8 Å². The maximum atomic E-state index is 13.2. The van der Waals surface area contributed by atoms with Crippen LogP contribution in [-0.4, -0.2) is 47.2 Å². The fourth-order valence-corrected chi connectivity index (χ4v) is 4.99. The molecule has 0 aliphatic rings. The number of aryl methyl sites for hydroxylation is 1. The molecule has 0 heterocycles. The molecule has 7 heteroatoms. The fourth-order valence-electron chi connectivity index (χ4n) is 4.44. The number of hydrogen-bond donors (Lipinski definition) is 2. The first-order valence-corrected chi connectivity index (χ1v) is 12.7. The van der Waals surface area contributed by atoms with Crippen LogP contribution >= 0.6 is 11.8 Å². The first kappa shape index (κ1) is 27.9. The van der Waals surface area contributed by atoms with E-state index in [1.807, 2.05) is 62.6 Å². The van der Waals surface area contributed by atoms with E-state index in [0.717, 1.165) is 17.5 Å². The maximum Gasteiger partial charge on any atom is 0.488 e. The molecule has 182 valence electrons. The van der Waals surface area contributed by atoms with Gasteiger partial charge in [0, 0.05) is 6.54 Å². The molecule has 34 heavy (non-hydrogen) atoms. The number of amides is 2. The van der Waals surface area contributed by atoms with Crippen LogP contribution in [-0.2, 0) is 21.4 Å². The van der Waals surface area contributed by atoms with Crippen molar-refractivity contribution in [2.45, 2.75) is 52.9 Å². The smallest absolute Gasteiger partial charge is 0.423 e. The molecule has 0 aromatic heterocycles. The van der Waals surface area contributed by atoms with Gasteiger partial charge in [-0.1, -0.05) is 83.1 Å². The van der Waals surface area contributed by atoms with E-state index in [4.69, 9.17) is 0 Å². The zero-order valence-corrected chi connectivity index (χ0v) is 21.9. The summed E-state index contributed by atoms with van der Waals surface area (Å²) < 4.78 is 0. The topological polar surface area (TPSA) is 77.8 Å². The third-order valence-corrected chi connectivity index (χ3v) is 6.72. The van der Waals surface area contributed by atoms with Crippen molar-refractivity contribution in [3.8, 4) is 0 Å².